The molecule has 0 unspecified atom stereocenters. The van der Waals surface area contributed by atoms with Crippen molar-refractivity contribution in [3.05, 3.63) is 277 Å². The van der Waals surface area contributed by atoms with Crippen molar-refractivity contribution in [2.24, 2.45) is 0 Å². The van der Waals surface area contributed by atoms with Crippen LogP contribution in [0.15, 0.2) is 234 Å². The summed E-state index contributed by atoms with van der Waals surface area (Å²) in [5.41, 5.74) is 18.6. The largest absolute Gasteiger partial charge is 0.486 e. The van der Waals surface area contributed by atoms with Crippen LogP contribution in [0.5, 0.6) is 0 Å². The van der Waals surface area contributed by atoms with E-state index < -0.39 is 13.7 Å². The number of aryl methyl sites for hydroxylation is 6. The number of pyridine rings is 6. The molecule has 0 aliphatic rings. The van der Waals surface area contributed by atoms with Crippen LogP contribution in [0.1, 0.15) is 42.1 Å². The van der Waals surface area contributed by atoms with Crippen molar-refractivity contribution >= 4 is 44.1 Å². The molecule has 6 aromatic carbocycles. The number of aliphatic hydroxyl groups excluding tert-OH is 2. The Hall–Kier alpha value is -8.96. The molecular weight excluding hydrogens is 1420 g/mol. The van der Waals surface area contributed by atoms with Crippen LogP contribution in [0.4, 0.5) is 0 Å². The molecule has 0 bridgehead atoms. The average Bonchev–Trinajstić information content (AvgIpc) is 1.68. The number of para-hydroxylation sites is 1. The van der Waals surface area contributed by atoms with Crippen molar-refractivity contribution in [3.63, 3.8) is 0 Å². The smallest absolute Gasteiger partial charge is 0.227 e. The molecule has 0 spiro atoms. The van der Waals surface area contributed by atoms with Crippen molar-refractivity contribution in [3.8, 4) is 67.3 Å². The van der Waals surface area contributed by atoms with Crippen LogP contribution in [-0.4, -0.2) is 54.3 Å². The van der Waals surface area contributed by atoms with Crippen LogP contribution in [0.2, 0.25) is 0 Å². The van der Waals surface area contributed by atoms with Crippen molar-refractivity contribution in [2.75, 3.05) is 14.2 Å². The minimum Gasteiger partial charge on any atom is -0.486 e. The summed E-state index contributed by atoms with van der Waals surface area (Å²) in [7, 11) is 2.00. The molecule has 0 fully saturated rings. The first-order chi connectivity index (χ1) is 43.5. The van der Waals surface area contributed by atoms with Crippen LogP contribution in [0.25, 0.3) is 111 Å². The summed E-state index contributed by atoms with van der Waals surface area (Å²) in [5.74, 6) is 0. The molecule has 2 N–H and O–H groups in total. The molecule has 434 valence electrons. The van der Waals surface area contributed by atoms with Gasteiger partial charge in [-0.1, -0.05) is 113 Å². The molecule has 12 heteroatoms. The Morgan fingerprint density at radius 1 is 0.372 bits per heavy atom. The molecule has 86 heavy (non-hydrogen) atoms. The van der Waals surface area contributed by atoms with Crippen LogP contribution < -0.4 is 0 Å². The fraction of sp³-hybridized carbons (Fsp3) is 0.108. The zero-order chi connectivity index (χ0) is 64.0. The fourth-order valence-electron chi connectivity index (χ4n) is 9.15. The molecule has 0 aliphatic carbocycles. The van der Waals surface area contributed by atoms with E-state index in [1.54, 1.807) is 36.4 Å². The number of aliphatic hydroxyl groups is 2. The predicted octanol–water partition coefficient (Wildman–Crippen LogP) is 17.4. The summed E-state index contributed by atoms with van der Waals surface area (Å²) in [4.78, 5) is 26.5. The van der Waals surface area contributed by atoms with Gasteiger partial charge in [0.25, 0.3) is 0 Å². The third-order valence-electron chi connectivity index (χ3n) is 13.2. The van der Waals surface area contributed by atoms with Crippen molar-refractivity contribution < 1.29 is 67.5 Å². The van der Waals surface area contributed by atoms with E-state index in [1.165, 1.54) is 34.4 Å². The molecule has 0 saturated heterocycles. The summed E-state index contributed by atoms with van der Waals surface area (Å²) in [5, 5.41) is 18.2. The van der Waals surface area contributed by atoms with Gasteiger partial charge in [0.2, 0.25) is 11.4 Å². The van der Waals surface area contributed by atoms with E-state index in [-0.39, 0.29) is 51.6 Å². The Labute approximate surface area is 538 Å². The quantitative estimate of drug-likeness (QED) is 0.154. The van der Waals surface area contributed by atoms with Gasteiger partial charge in [0.05, 0.1) is 11.3 Å². The second-order valence-electron chi connectivity index (χ2n) is 19.1. The number of aromatic nitrogens is 6. The zero-order valence-corrected chi connectivity index (χ0v) is 52.7. The molecule has 14 rings (SSSR count). The van der Waals surface area contributed by atoms with E-state index in [9.17, 15) is 0 Å². The van der Waals surface area contributed by atoms with Crippen molar-refractivity contribution in [1.82, 2.24) is 29.9 Å². The van der Waals surface area contributed by atoms with Gasteiger partial charge in [-0.15, -0.1) is 90.0 Å². The third kappa shape index (κ3) is 15.9. The van der Waals surface area contributed by atoms with E-state index in [0.717, 1.165) is 103 Å². The van der Waals surface area contributed by atoms with Gasteiger partial charge in [-0.25, -0.2) is 9.97 Å². The molecule has 14 aromatic rings. The minimum absolute atomic E-state index is 0. The summed E-state index contributed by atoms with van der Waals surface area (Å²) >= 11 is 0. The Balaban J connectivity index is 0.000000174. The maximum Gasteiger partial charge on any atom is 0.227 e. The number of nitrogens with zero attached hydrogens (tertiary/aromatic N) is 6. The molecular formula is C74H63Ir2N6O4-3. The van der Waals surface area contributed by atoms with Crippen LogP contribution in [0, 0.1) is 59.6 Å². The van der Waals surface area contributed by atoms with Gasteiger partial charge in [0.15, 0.2) is 0 Å². The first kappa shape index (κ1) is 56.2. The molecule has 0 atom stereocenters. The van der Waals surface area contributed by atoms with Crippen LogP contribution >= 0.6 is 0 Å². The maximum atomic E-state index is 7.29. The number of furan rings is 2. The predicted molar refractivity (Wildman–Crippen MR) is 341 cm³/mol. The number of hydrogen-bond acceptors (Lipinski definition) is 10. The van der Waals surface area contributed by atoms with Gasteiger partial charge in [-0.2, -0.15) is 0 Å². The van der Waals surface area contributed by atoms with Gasteiger partial charge >= 0.3 is 0 Å². The van der Waals surface area contributed by atoms with E-state index in [2.05, 4.69) is 147 Å². The first-order valence-corrected chi connectivity index (χ1v) is 26.9. The van der Waals surface area contributed by atoms with Gasteiger partial charge in [0, 0.05) is 120 Å². The Morgan fingerprint density at radius 3 is 1.35 bits per heavy atom. The Kier molecular flexibility index (Phi) is 20.4. The minimum atomic E-state index is -2.16. The molecule has 0 saturated carbocycles. The monoisotopic (exact) mass is 1490 g/mol. The Bertz CT molecular complexity index is 4390. The maximum absolute atomic E-state index is 7.29. The summed E-state index contributed by atoms with van der Waals surface area (Å²) in [6, 6.07) is 77.6. The van der Waals surface area contributed by atoms with Gasteiger partial charge < -0.3 is 34.0 Å². The van der Waals surface area contributed by atoms with E-state index in [1.807, 2.05) is 105 Å². The van der Waals surface area contributed by atoms with E-state index >= 15 is 0 Å². The molecule has 0 amide bonds. The third-order valence-corrected chi connectivity index (χ3v) is 13.2. The molecule has 10 nitrogen and oxygen atoms in total. The van der Waals surface area contributed by atoms with Crippen molar-refractivity contribution in [1.29, 1.82) is 0 Å². The second kappa shape index (κ2) is 31.3. The average molecular weight is 1490 g/mol. The standard InChI is InChI=1S/C24H18N2O.C24H17N2O.2C12H10N.2CH4O.2Ir/c2*1-15-6-9-17(10-7-15)18-12-13-25-22(14-18)21-5-3-4-19-20-11-8-16(2)26-24(20)27-23(19)21;2*1-10-6-5-9-12(13-10)11-7-3-2-4-8-11;2*1-2;;/h3-14H,1-2H3;3-4,6-14H,1-2H3;2*2-7,9H,1H3;2*2H,1H3;;/q;3*-1;;;;/i;;2*1D3;;;;. The molecule has 8 aromatic heterocycles. The molecule has 0 aliphatic heterocycles. The first-order valence-electron chi connectivity index (χ1n) is 29.9. The topological polar surface area (TPSA) is 144 Å². The summed E-state index contributed by atoms with van der Waals surface area (Å²) < 4.78 is 56.0. The van der Waals surface area contributed by atoms with E-state index in [4.69, 9.17) is 27.3 Å². The van der Waals surface area contributed by atoms with Crippen molar-refractivity contribution in [2.45, 2.75) is 41.4 Å². The number of fused-ring (bicyclic) bond motifs is 6. The number of benzene rings is 6. The summed E-state index contributed by atoms with van der Waals surface area (Å²) in [6.45, 7) is 3.80. The fourth-order valence-corrected chi connectivity index (χ4v) is 9.15. The normalized spacial score (nSPS) is 11.6. The van der Waals surface area contributed by atoms with Gasteiger partial charge in [0.1, 0.15) is 5.58 Å². The molecule has 2 radical (unpaired) electrons. The second-order valence-corrected chi connectivity index (χ2v) is 19.1. The summed E-state index contributed by atoms with van der Waals surface area (Å²) in [6.07, 6.45) is 3.69. The SMILES string of the molecule is CO.CO.Cc1ccc(-c2ccnc(-c3[c-]ccc4c3oc3nc(C)ccc34)c2)cc1.Cc1ccc(-c2ccnc(-c3cccc4c3oc3nc(C)ccc34)c2)cc1.[2H]C([2H])([2H])c1cccc(-c2[c-]cccc2)n1.[2H]C([2H])([2H])c1cccc(-c2[c-]cccc2)n1.[Ir].[Ir]. The van der Waals surface area contributed by atoms with Gasteiger partial charge in [-0.05, 0) is 141 Å². The zero-order valence-electron chi connectivity index (χ0n) is 53.9. The molecule has 8 heterocycles. The van der Waals surface area contributed by atoms with Crippen LogP contribution in [0.3, 0.4) is 0 Å². The number of hydrogen-bond donors (Lipinski definition) is 2. The Morgan fingerprint density at radius 2 is 0.849 bits per heavy atom. The number of rotatable bonds is 6. The van der Waals surface area contributed by atoms with Gasteiger partial charge in [-0.3, -0.25) is 4.98 Å². The van der Waals surface area contributed by atoms with Crippen LogP contribution in [-0.2, 0) is 40.2 Å². The van der Waals surface area contributed by atoms with E-state index in [0.29, 0.717) is 22.8 Å².